The lowest BCUT2D eigenvalue weighted by atomic mass is 9.91. The van der Waals surface area contributed by atoms with E-state index in [4.69, 9.17) is 4.99 Å². The first-order valence-electron chi connectivity index (χ1n) is 7.26. The third kappa shape index (κ3) is 3.36. The Kier molecular flexibility index (Phi) is 4.73. The molecule has 0 amide bonds. The largest absolute Gasteiger partial charge is 0.277 e. The number of aliphatic imine (C=N–C) groups is 1. The predicted molar refractivity (Wildman–Crippen MR) is 88.3 cm³/mol. The van der Waals surface area contributed by atoms with Crippen LogP contribution in [-0.4, -0.2) is 11.8 Å². The van der Waals surface area contributed by atoms with E-state index in [1.165, 1.54) is 16.7 Å². The van der Waals surface area contributed by atoms with Crippen LogP contribution in [0.15, 0.2) is 70.8 Å². The molecule has 0 spiro atoms. The standard InChI is InChI=1S/C19H23N/c1-14(2)16(4)20-19(17-11-6-5-7-12-17)18-13-9-8-10-15(18)3/h5-7,10-13,16H,1,8-9H2,2-4H3/b20-19-. The Morgan fingerprint density at radius 1 is 1.15 bits per heavy atom. The SMILES string of the molecule is C=C(C)C(C)/N=C(\C1=CCCC=C1C)c1ccccc1. The summed E-state index contributed by atoms with van der Waals surface area (Å²) in [5.74, 6) is 0. The van der Waals surface area contributed by atoms with Gasteiger partial charge in [0.1, 0.15) is 0 Å². The van der Waals surface area contributed by atoms with Crippen LogP contribution in [0.3, 0.4) is 0 Å². The lowest BCUT2D eigenvalue weighted by molar-refractivity contribution is 0.865. The molecule has 1 aliphatic rings. The summed E-state index contributed by atoms with van der Waals surface area (Å²) in [5.41, 5.74) is 5.97. The van der Waals surface area contributed by atoms with E-state index in [-0.39, 0.29) is 6.04 Å². The van der Waals surface area contributed by atoms with Gasteiger partial charge in [-0.25, -0.2) is 0 Å². The van der Waals surface area contributed by atoms with Crippen molar-refractivity contribution in [2.24, 2.45) is 4.99 Å². The zero-order valence-corrected chi connectivity index (χ0v) is 12.7. The molecular formula is C19H23N. The zero-order chi connectivity index (χ0) is 14.5. The van der Waals surface area contributed by atoms with Gasteiger partial charge in [0.05, 0.1) is 11.8 Å². The Labute approximate surface area is 122 Å². The molecule has 0 bridgehead atoms. The van der Waals surface area contributed by atoms with Crippen molar-refractivity contribution in [3.8, 4) is 0 Å². The van der Waals surface area contributed by atoms with E-state index in [9.17, 15) is 0 Å². The number of nitrogens with zero attached hydrogens (tertiary/aromatic N) is 1. The molecule has 0 saturated heterocycles. The van der Waals surface area contributed by atoms with Gasteiger partial charge in [0.15, 0.2) is 0 Å². The molecule has 1 heteroatoms. The van der Waals surface area contributed by atoms with E-state index < -0.39 is 0 Å². The van der Waals surface area contributed by atoms with Crippen molar-refractivity contribution < 1.29 is 0 Å². The van der Waals surface area contributed by atoms with Crippen molar-refractivity contribution in [3.63, 3.8) is 0 Å². The summed E-state index contributed by atoms with van der Waals surface area (Å²) in [7, 11) is 0. The Morgan fingerprint density at radius 3 is 2.40 bits per heavy atom. The minimum Gasteiger partial charge on any atom is -0.277 e. The highest BCUT2D eigenvalue weighted by Gasteiger charge is 2.15. The molecule has 1 unspecified atom stereocenters. The highest BCUT2D eigenvalue weighted by atomic mass is 14.8. The van der Waals surface area contributed by atoms with Crippen LogP contribution in [0.1, 0.15) is 39.2 Å². The summed E-state index contributed by atoms with van der Waals surface area (Å²) in [6.45, 7) is 10.3. The number of hydrogen-bond acceptors (Lipinski definition) is 1. The summed E-state index contributed by atoms with van der Waals surface area (Å²) in [5, 5.41) is 0. The maximum Gasteiger partial charge on any atom is 0.0725 e. The van der Waals surface area contributed by atoms with Crippen LogP contribution in [0.4, 0.5) is 0 Å². The fourth-order valence-electron chi connectivity index (χ4n) is 2.28. The Balaban J connectivity index is 2.48. The third-order valence-electron chi connectivity index (χ3n) is 3.73. The van der Waals surface area contributed by atoms with Crippen LogP contribution >= 0.6 is 0 Å². The fourth-order valence-corrected chi connectivity index (χ4v) is 2.28. The van der Waals surface area contributed by atoms with E-state index in [2.05, 4.69) is 56.8 Å². The predicted octanol–water partition coefficient (Wildman–Crippen LogP) is 5.11. The van der Waals surface area contributed by atoms with Gasteiger partial charge < -0.3 is 0 Å². The lowest BCUT2D eigenvalue weighted by Crippen LogP contribution is -2.13. The summed E-state index contributed by atoms with van der Waals surface area (Å²) in [6.07, 6.45) is 6.85. The molecular weight excluding hydrogens is 242 g/mol. The molecule has 2 rings (SSSR count). The summed E-state index contributed by atoms with van der Waals surface area (Å²) < 4.78 is 0. The topological polar surface area (TPSA) is 12.4 Å². The second-order valence-corrected chi connectivity index (χ2v) is 5.45. The van der Waals surface area contributed by atoms with E-state index in [1.54, 1.807) is 0 Å². The summed E-state index contributed by atoms with van der Waals surface area (Å²) >= 11 is 0. The molecule has 0 radical (unpaired) electrons. The fraction of sp³-hybridized carbons (Fsp3) is 0.316. The molecule has 1 atom stereocenters. The molecule has 0 N–H and O–H groups in total. The minimum absolute atomic E-state index is 0.140. The highest BCUT2D eigenvalue weighted by Crippen LogP contribution is 2.24. The monoisotopic (exact) mass is 265 g/mol. The number of allylic oxidation sites excluding steroid dienone is 4. The van der Waals surface area contributed by atoms with Gasteiger partial charge >= 0.3 is 0 Å². The third-order valence-corrected chi connectivity index (χ3v) is 3.73. The number of rotatable bonds is 4. The molecule has 1 nitrogen and oxygen atoms in total. The van der Waals surface area contributed by atoms with Gasteiger partial charge in [0.2, 0.25) is 0 Å². The Morgan fingerprint density at radius 2 is 1.80 bits per heavy atom. The quantitative estimate of drug-likeness (QED) is 0.530. The Bertz CT molecular complexity index is 573. The summed E-state index contributed by atoms with van der Waals surface area (Å²) in [4.78, 5) is 4.93. The highest BCUT2D eigenvalue weighted by molar-refractivity contribution is 6.15. The zero-order valence-electron chi connectivity index (χ0n) is 12.7. The minimum atomic E-state index is 0.140. The second-order valence-electron chi connectivity index (χ2n) is 5.45. The van der Waals surface area contributed by atoms with Crippen LogP contribution in [-0.2, 0) is 0 Å². The van der Waals surface area contributed by atoms with Gasteiger partial charge in [-0.15, -0.1) is 0 Å². The molecule has 0 aliphatic heterocycles. The average Bonchev–Trinajstić information content (AvgIpc) is 2.46. The van der Waals surface area contributed by atoms with Gasteiger partial charge in [0, 0.05) is 5.56 Å². The Hall–Kier alpha value is -1.89. The van der Waals surface area contributed by atoms with Crippen molar-refractivity contribution in [1.29, 1.82) is 0 Å². The van der Waals surface area contributed by atoms with E-state index in [0.29, 0.717) is 0 Å². The van der Waals surface area contributed by atoms with E-state index >= 15 is 0 Å². The van der Waals surface area contributed by atoms with Crippen LogP contribution < -0.4 is 0 Å². The van der Waals surface area contributed by atoms with Crippen molar-refractivity contribution >= 4 is 5.71 Å². The van der Waals surface area contributed by atoms with Crippen molar-refractivity contribution in [1.82, 2.24) is 0 Å². The normalized spacial score (nSPS) is 17.2. The first-order chi connectivity index (χ1) is 9.59. The molecule has 1 aromatic carbocycles. The van der Waals surface area contributed by atoms with Crippen LogP contribution in [0.2, 0.25) is 0 Å². The van der Waals surface area contributed by atoms with E-state index in [1.807, 2.05) is 13.0 Å². The van der Waals surface area contributed by atoms with Crippen molar-refractivity contribution in [2.75, 3.05) is 0 Å². The van der Waals surface area contributed by atoms with E-state index in [0.717, 1.165) is 24.1 Å². The lowest BCUT2D eigenvalue weighted by Gasteiger charge is -2.18. The van der Waals surface area contributed by atoms with Gasteiger partial charge in [-0.05, 0) is 44.8 Å². The molecule has 0 fully saturated rings. The van der Waals surface area contributed by atoms with Crippen molar-refractivity contribution in [3.05, 3.63) is 71.3 Å². The molecule has 0 heterocycles. The summed E-state index contributed by atoms with van der Waals surface area (Å²) in [6, 6.07) is 10.6. The first-order valence-corrected chi connectivity index (χ1v) is 7.26. The van der Waals surface area contributed by atoms with Crippen LogP contribution in [0, 0.1) is 0 Å². The van der Waals surface area contributed by atoms with Gasteiger partial charge in [0.25, 0.3) is 0 Å². The molecule has 1 aliphatic carbocycles. The van der Waals surface area contributed by atoms with Gasteiger partial charge in [-0.1, -0.05) is 54.6 Å². The number of benzene rings is 1. The van der Waals surface area contributed by atoms with Crippen molar-refractivity contribution in [2.45, 2.75) is 39.7 Å². The van der Waals surface area contributed by atoms with Crippen LogP contribution in [0.25, 0.3) is 0 Å². The maximum absolute atomic E-state index is 4.93. The molecule has 1 aromatic rings. The maximum atomic E-state index is 4.93. The first kappa shape index (κ1) is 14.5. The van der Waals surface area contributed by atoms with Gasteiger partial charge in [-0.3, -0.25) is 4.99 Å². The average molecular weight is 265 g/mol. The molecule has 104 valence electrons. The molecule has 0 aromatic heterocycles. The molecule has 0 saturated carbocycles. The van der Waals surface area contributed by atoms with Gasteiger partial charge in [-0.2, -0.15) is 0 Å². The smallest absolute Gasteiger partial charge is 0.0725 e. The van der Waals surface area contributed by atoms with Crippen LogP contribution in [0.5, 0.6) is 0 Å². The number of hydrogen-bond donors (Lipinski definition) is 0. The molecule has 20 heavy (non-hydrogen) atoms. The second kappa shape index (κ2) is 6.51.